The van der Waals surface area contributed by atoms with Gasteiger partial charge in [0.15, 0.2) is 0 Å². The van der Waals surface area contributed by atoms with Crippen LogP contribution < -0.4 is 42.0 Å². The Kier molecular flexibility index (Phi) is 23.1. The summed E-state index contributed by atoms with van der Waals surface area (Å²) in [5, 5.41) is 0. The van der Waals surface area contributed by atoms with Crippen molar-refractivity contribution in [3.05, 3.63) is 0 Å². The van der Waals surface area contributed by atoms with Crippen molar-refractivity contribution in [3.63, 3.8) is 0 Å². The predicted octanol–water partition coefficient (Wildman–Crippen LogP) is -0.439. The molecule has 136 valence electrons. The number of phosphoric acid groups is 1. The predicted molar refractivity (Wildman–Crippen MR) is 88.3 cm³/mol. The quantitative estimate of drug-likeness (QED) is 0.328. The molecule has 0 saturated carbocycles. The fourth-order valence-corrected chi connectivity index (χ4v) is 3.11. The molecule has 0 amide bonds. The summed E-state index contributed by atoms with van der Waals surface area (Å²) in [5.41, 5.74) is 0. The third kappa shape index (κ3) is 16.6. The van der Waals surface area contributed by atoms with Gasteiger partial charge in [-0.05, 0) is 24.7 Å². The molecule has 0 rings (SSSR count). The van der Waals surface area contributed by atoms with E-state index < -0.39 is 7.82 Å². The molecule has 2 atom stereocenters. The van der Waals surface area contributed by atoms with Crippen LogP contribution in [0.3, 0.4) is 0 Å². The first-order valence-electron chi connectivity index (χ1n) is 8.60. The fraction of sp³-hybridized carbons (Fsp3) is 1.00. The van der Waals surface area contributed by atoms with E-state index in [2.05, 4.69) is 27.7 Å². The van der Waals surface area contributed by atoms with Crippen LogP contribution in [0.15, 0.2) is 0 Å². The van der Waals surface area contributed by atoms with E-state index in [0.717, 1.165) is 51.4 Å². The molecule has 0 heterocycles. The summed E-state index contributed by atoms with van der Waals surface area (Å²) in [6.07, 6.45) is 8.56. The van der Waals surface area contributed by atoms with Gasteiger partial charge in [0.05, 0.1) is 13.2 Å². The third-order valence-electron chi connectivity index (χ3n) is 4.03. The first kappa shape index (κ1) is 29.2. The van der Waals surface area contributed by atoms with Crippen LogP contribution in [-0.2, 0) is 13.6 Å². The Morgan fingerprint density at radius 1 is 0.870 bits per heavy atom. The van der Waals surface area contributed by atoms with Crippen LogP contribution in [0.25, 0.3) is 0 Å². The maximum absolute atomic E-state index is 11.9. The van der Waals surface area contributed by atoms with Crippen molar-refractivity contribution in [1.82, 2.24) is 0 Å². The number of unbranched alkanes of at least 4 members (excludes halogenated alkanes) is 2. The molecule has 0 fully saturated rings. The SMILES string of the molecule is CCCCC(CC)COP(=O)(O)OCC(CC)CCCC.[Cl-].[Na+]. The van der Waals surface area contributed by atoms with Gasteiger partial charge in [-0.15, -0.1) is 0 Å². The zero-order valence-corrected chi connectivity index (χ0v) is 19.4. The van der Waals surface area contributed by atoms with Gasteiger partial charge in [-0.3, -0.25) is 9.05 Å². The number of hydrogen-bond acceptors (Lipinski definition) is 3. The average Bonchev–Trinajstić information content (AvgIpc) is 2.47. The summed E-state index contributed by atoms with van der Waals surface area (Å²) in [6, 6.07) is 0. The van der Waals surface area contributed by atoms with Crippen molar-refractivity contribution >= 4 is 7.82 Å². The molecule has 4 nitrogen and oxygen atoms in total. The molecule has 0 aromatic rings. The molecule has 2 unspecified atom stereocenters. The first-order valence-corrected chi connectivity index (χ1v) is 10.1. The average molecular weight is 381 g/mol. The Morgan fingerprint density at radius 3 is 1.48 bits per heavy atom. The van der Waals surface area contributed by atoms with Gasteiger partial charge >= 0.3 is 37.4 Å². The summed E-state index contributed by atoms with van der Waals surface area (Å²) in [5.74, 6) is 0.687. The largest absolute Gasteiger partial charge is 1.00 e. The van der Waals surface area contributed by atoms with Crippen LogP contribution in [0.1, 0.15) is 79.1 Å². The molecule has 0 spiro atoms. The molecule has 0 bridgehead atoms. The molecular weight excluding hydrogens is 346 g/mol. The number of hydrogen-bond donors (Lipinski definition) is 1. The Bertz CT molecular complexity index is 271. The summed E-state index contributed by atoms with van der Waals surface area (Å²) >= 11 is 0. The Balaban J connectivity index is -0.00000200. The van der Waals surface area contributed by atoms with Gasteiger partial charge in [-0.2, -0.15) is 0 Å². The summed E-state index contributed by atoms with van der Waals surface area (Å²) in [4.78, 5) is 9.77. The van der Waals surface area contributed by atoms with Gasteiger partial charge in [-0.25, -0.2) is 4.57 Å². The van der Waals surface area contributed by atoms with E-state index in [9.17, 15) is 9.46 Å². The number of halogens is 1. The molecule has 0 aromatic carbocycles. The van der Waals surface area contributed by atoms with Crippen molar-refractivity contribution in [2.24, 2.45) is 11.8 Å². The van der Waals surface area contributed by atoms with E-state index in [-0.39, 0.29) is 42.0 Å². The van der Waals surface area contributed by atoms with Crippen molar-refractivity contribution in [2.45, 2.75) is 79.1 Å². The van der Waals surface area contributed by atoms with Gasteiger partial charge in [0.2, 0.25) is 0 Å². The maximum Gasteiger partial charge on any atom is 1.00 e. The Morgan fingerprint density at radius 2 is 1.22 bits per heavy atom. The van der Waals surface area contributed by atoms with E-state index >= 15 is 0 Å². The monoisotopic (exact) mass is 380 g/mol. The van der Waals surface area contributed by atoms with Crippen LogP contribution >= 0.6 is 7.82 Å². The van der Waals surface area contributed by atoms with Gasteiger partial charge in [-0.1, -0.05) is 66.2 Å². The summed E-state index contributed by atoms with van der Waals surface area (Å²) in [7, 11) is -3.89. The normalized spacial score (nSPS) is 15.9. The molecule has 23 heavy (non-hydrogen) atoms. The number of phosphoric ester groups is 1. The van der Waals surface area contributed by atoms with Gasteiger partial charge in [0.1, 0.15) is 0 Å². The molecular formula is C16H35ClNaO4P. The summed E-state index contributed by atoms with van der Waals surface area (Å²) < 4.78 is 22.2. The van der Waals surface area contributed by atoms with Crippen LogP contribution in [0.5, 0.6) is 0 Å². The molecule has 0 radical (unpaired) electrons. The fourth-order valence-electron chi connectivity index (χ4n) is 2.23. The van der Waals surface area contributed by atoms with E-state index in [4.69, 9.17) is 9.05 Å². The minimum Gasteiger partial charge on any atom is -1.00 e. The topological polar surface area (TPSA) is 55.8 Å². The van der Waals surface area contributed by atoms with E-state index in [1.807, 2.05) is 0 Å². The van der Waals surface area contributed by atoms with Crippen LogP contribution in [0.4, 0.5) is 0 Å². The second kappa shape index (κ2) is 18.2. The minimum atomic E-state index is -3.89. The van der Waals surface area contributed by atoms with Gasteiger partial charge < -0.3 is 17.3 Å². The van der Waals surface area contributed by atoms with Gasteiger partial charge in [0, 0.05) is 0 Å². The Hall–Kier alpha value is 1.40. The molecule has 1 N–H and O–H groups in total. The maximum atomic E-state index is 11.9. The molecule has 0 aliphatic carbocycles. The van der Waals surface area contributed by atoms with Crippen molar-refractivity contribution in [2.75, 3.05) is 13.2 Å². The third-order valence-corrected chi connectivity index (χ3v) is 4.98. The Labute approximate surface area is 171 Å². The zero-order valence-electron chi connectivity index (χ0n) is 15.7. The van der Waals surface area contributed by atoms with Crippen molar-refractivity contribution in [1.29, 1.82) is 0 Å². The molecule has 0 aromatic heterocycles. The zero-order chi connectivity index (χ0) is 16.1. The molecule has 0 saturated heterocycles. The molecule has 7 heteroatoms. The van der Waals surface area contributed by atoms with Crippen LogP contribution in [0.2, 0.25) is 0 Å². The van der Waals surface area contributed by atoms with E-state index in [1.54, 1.807) is 0 Å². The van der Waals surface area contributed by atoms with Crippen LogP contribution in [0, 0.1) is 11.8 Å². The second-order valence-electron chi connectivity index (χ2n) is 5.89. The van der Waals surface area contributed by atoms with Gasteiger partial charge in [0.25, 0.3) is 0 Å². The molecule has 0 aliphatic heterocycles. The minimum absolute atomic E-state index is 0. The smallest absolute Gasteiger partial charge is 1.00 e. The standard InChI is InChI=1S/C16H35O4P.ClH.Na/c1-5-9-11-15(7-3)13-19-21(17,18)20-14-16(8-4)12-10-6-2;;/h15-16H,5-14H2,1-4H3,(H,17,18);1H;/q;;+1/p-1. The number of rotatable bonds is 14. The first-order chi connectivity index (χ1) is 9.99. The molecule has 0 aliphatic rings. The second-order valence-corrected chi connectivity index (χ2v) is 7.35. The van der Waals surface area contributed by atoms with E-state index in [0.29, 0.717) is 25.0 Å². The van der Waals surface area contributed by atoms with Crippen LogP contribution in [-0.4, -0.2) is 18.1 Å². The summed E-state index contributed by atoms with van der Waals surface area (Å²) in [6.45, 7) is 9.10. The van der Waals surface area contributed by atoms with Crippen molar-refractivity contribution < 1.29 is 60.5 Å². The van der Waals surface area contributed by atoms with Crippen molar-refractivity contribution in [3.8, 4) is 0 Å². The van der Waals surface area contributed by atoms with E-state index in [1.165, 1.54) is 0 Å².